The van der Waals surface area contributed by atoms with E-state index in [-0.39, 0.29) is 5.82 Å². The summed E-state index contributed by atoms with van der Waals surface area (Å²) in [6, 6.07) is 14.3. The van der Waals surface area contributed by atoms with Gasteiger partial charge in [-0.05, 0) is 53.8 Å². The van der Waals surface area contributed by atoms with Crippen LogP contribution in [-0.4, -0.2) is 26.3 Å². The maximum absolute atomic E-state index is 13.3. The monoisotopic (exact) mass is 326 g/mol. The summed E-state index contributed by atoms with van der Waals surface area (Å²) >= 11 is 0. The third kappa shape index (κ3) is 3.30. The molecule has 24 heavy (non-hydrogen) atoms. The number of halogens is 1. The summed E-state index contributed by atoms with van der Waals surface area (Å²) in [7, 11) is 0. The topological polar surface area (TPSA) is 24.5 Å². The van der Waals surface area contributed by atoms with E-state index in [2.05, 4.69) is 34.5 Å². The van der Waals surface area contributed by atoms with Gasteiger partial charge in [0.2, 0.25) is 0 Å². The molecule has 1 aliphatic carbocycles. The third-order valence-electron chi connectivity index (χ3n) is 5.05. The number of hydrogen-bond acceptors (Lipinski definition) is 3. The Morgan fingerprint density at radius 3 is 2.67 bits per heavy atom. The number of hydrogen-bond donors (Lipinski definition) is 1. The average Bonchev–Trinajstić information content (AvgIpc) is 3.03. The van der Waals surface area contributed by atoms with Crippen molar-refractivity contribution in [2.75, 3.05) is 31.2 Å². The lowest BCUT2D eigenvalue weighted by molar-refractivity contribution is 0.122. The third-order valence-corrected chi connectivity index (χ3v) is 5.05. The number of nitrogens with zero attached hydrogens (tertiary/aromatic N) is 1. The van der Waals surface area contributed by atoms with Gasteiger partial charge in [0.25, 0.3) is 0 Å². The number of rotatable bonds is 4. The van der Waals surface area contributed by atoms with Crippen LogP contribution in [-0.2, 0) is 17.7 Å². The Hall–Kier alpha value is -1.91. The minimum absolute atomic E-state index is 0.131. The Labute approximate surface area is 142 Å². The largest absolute Gasteiger partial charge is 0.378 e. The molecule has 0 saturated carbocycles. The molecule has 0 unspecified atom stereocenters. The standard InChI is InChI=1S/C20H23FN2O/c21-17-4-7-19-16(13-17)3-8-20(19)22-14-15-1-5-18(6-2-15)23-9-11-24-12-10-23/h1-2,4-7,13,20,22H,3,8-12,14H2/t20-/m0/s1. The molecule has 2 aromatic rings. The Morgan fingerprint density at radius 2 is 1.88 bits per heavy atom. The molecule has 126 valence electrons. The summed E-state index contributed by atoms with van der Waals surface area (Å²) in [4.78, 5) is 2.36. The van der Waals surface area contributed by atoms with E-state index < -0.39 is 0 Å². The summed E-state index contributed by atoms with van der Waals surface area (Å²) in [6.07, 6.45) is 2.01. The van der Waals surface area contributed by atoms with Crippen LogP contribution in [0.1, 0.15) is 29.2 Å². The van der Waals surface area contributed by atoms with Crippen LogP contribution in [0, 0.1) is 5.82 Å². The number of benzene rings is 2. The fourth-order valence-corrected chi connectivity index (χ4v) is 3.69. The SMILES string of the molecule is Fc1ccc2c(c1)CC[C@@H]2NCc1ccc(N2CCOCC2)cc1. The van der Waals surface area contributed by atoms with Crippen LogP contribution < -0.4 is 10.2 Å². The molecule has 0 bridgehead atoms. The number of aryl methyl sites for hydroxylation is 1. The molecule has 1 heterocycles. The van der Waals surface area contributed by atoms with Gasteiger partial charge in [-0.3, -0.25) is 0 Å². The lowest BCUT2D eigenvalue weighted by atomic mass is 10.1. The van der Waals surface area contributed by atoms with E-state index in [1.54, 1.807) is 12.1 Å². The number of morpholine rings is 1. The van der Waals surface area contributed by atoms with Crippen molar-refractivity contribution >= 4 is 5.69 Å². The molecule has 1 fully saturated rings. The fraction of sp³-hybridized carbons (Fsp3) is 0.400. The van der Waals surface area contributed by atoms with Crippen molar-refractivity contribution in [2.24, 2.45) is 0 Å². The van der Waals surface area contributed by atoms with Crippen LogP contribution >= 0.6 is 0 Å². The fourth-order valence-electron chi connectivity index (χ4n) is 3.69. The zero-order valence-corrected chi connectivity index (χ0v) is 13.8. The first kappa shape index (κ1) is 15.6. The molecule has 0 aromatic heterocycles. The Kier molecular flexibility index (Phi) is 4.50. The first-order valence-corrected chi connectivity index (χ1v) is 8.73. The van der Waals surface area contributed by atoms with Crippen molar-refractivity contribution < 1.29 is 9.13 Å². The Bertz CT molecular complexity index is 695. The van der Waals surface area contributed by atoms with Crippen molar-refractivity contribution in [1.82, 2.24) is 5.32 Å². The summed E-state index contributed by atoms with van der Waals surface area (Å²) in [5, 5.41) is 3.62. The summed E-state index contributed by atoms with van der Waals surface area (Å²) in [6.45, 7) is 4.39. The van der Waals surface area contributed by atoms with Gasteiger partial charge < -0.3 is 15.0 Å². The van der Waals surface area contributed by atoms with Crippen LogP contribution in [0.3, 0.4) is 0 Å². The van der Waals surface area contributed by atoms with Crippen LogP contribution in [0.5, 0.6) is 0 Å². The molecular weight excluding hydrogens is 303 g/mol. The minimum atomic E-state index is -0.131. The van der Waals surface area contributed by atoms with E-state index in [9.17, 15) is 4.39 Å². The van der Waals surface area contributed by atoms with Crippen molar-refractivity contribution in [3.05, 3.63) is 65.0 Å². The molecule has 4 rings (SSSR count). The molecule has 0 amide bonds. The highest BCUT2D eigenvalue weighted by atomic mass is 19.1. The van der Waals surface area contributed by atoms with Crippen LogP contribution in [0.4, 0.5) is 10.1 Å². The highest BCUT2D eigenvalue weighted by molar-refractivity contribution is 5.48. The van der Waals surface area contributed by atoms with Gasteiger partial charge in [-0.2, -0.15) is 0 Å². The van der Waals surface area contributed by atoms with E-state index in [0.717, 1.165) is 51.3 Å². The zero-order chi connectivity index (χ0) is 16.4. The van der Waals surface area contributed by atoms with E-state index in [1.807, 2.05) is 6.07 Å². The van der Waals surface area contributed by atoms with Crippen LogP contribution in [0.25, 0.3) is 0 Å². The highest BCUT2D eigenvalue weighted by Gasteiger charge is 2.22. The van der Waals surface area contributed by atoms with Crippen molar-refractivity contribution in [3.63, 3.8) is 0 Å². The van der Waals surface area contributed by atoms with Gasteiger partial charge in [0.05, 0.1) is 13.2 Å². The molecule has 2 aliphatic rings. The number of anilines is 1. The second-order valence-electron chi connectivity index (χ2n) is 6.58. The molecule has 0 radical (unpaired) electrons. The lowest BCUT2D eigenvalue weighted by Crippen LogP contribution is -2.36. The molecule has 1 atom stereocenters. The normalized spacial score (nSPS) is 20.2. The maximum Gasteiger partial charge on any atom is 0.123 e. The minimum Gasteiger partial charge on any atom is -0.378 e. The smallest absolute Gasteiger partial charge is 0.123 e. The van der Waals surface area contributed by atoms with Crippen LogP contribution in [0.15, 0.2) is 42.5 Å². The second kappa shape index (κ2) is 6.91. The molecule has 1 N–H and O–H groups in total. The van der Waals surface area contributed by atoms with E-state index >= 15 is 0 Å². The lowest BCUT2D eigenvalue weighted by Gasteiger charge is -2.29. The molecular formula is C20H23FN2O. The quantitative estimate of drug-likeness (QED) is 0.931. The zero-order valence-electron chi connectivity index (χ0n) is 13.8. The van der Waals surface area contributed by atoms with Gasteiger partial charge in [0.1, 0.15) is 5.82 Å². The van der Waals surface area contributed by atoms with Crippen molar-refractivity contribution in [1.29, 1.82) is 0 Å². The van der Waals surface area contributed by atoms with Gasteiger partial charge in [-0.1, -0.05) is 18.2 Å². The van der Waals surface area contributed by atoms with Crippen molar-refractivity contribution in [2.45, 2.75) is 25.4 Å². The van der Waals surface area contributed by atoms with Gasteiger partial charge in [-0.15, -0.1) is 0 Å². The molecule has 4 heteroatoms. The Morgan fingerprint density at radius 1 is 1.08 bits per heavy atom. The van der Waals surface area contributed by atoms with Gasteiger partial charge in [0.15, 0.2) is 0 Å². The predicted molar refractivity (Wildman–Crippen MR) is 93.8 cm³/mol. The maximum atomic E-state index is 13.3. The summed E-state index contributed by atoms with van der Waals surface area (Å²) in [5.41, 5.74) is 4.95. The van der Waals surface area contributed by atoms with E-state index in [1.165, 1.54) is 16.8 Å². The van der Waals surface area contributed by atoms with Crippen molar-refractivity contribution in [3.8, 4) is 0 Å². The second-order valence-corrected chi connectivity index (χ2v) is 6.58. The summed E-state index contributed by atoms with van der Waals surface area (Å²) < 4.78 is 18.7. The summed E-state index contributed by atoms with van der Waals surface area (Å²) in [5.74, 6) is -0.131. The predicted octanol–water partition coefficient (Wildman–Crippen LogP) is 3.44. The number of nitrogens with one attached hydrogen (secondary N) is 1. The highest BCUT2D eigenvalue weighted by Crippen LogP contribution is 2.31. The van der Waals surface area contributed by atoms with E-state index in [0.29, 0.717) is 6.04 Å². The van der Waals surface area contributed by atoms with E-state index in [4.69, 9.17) is 4.74 Å². The average molecular weight is 326 g/mol. The van der Waals surface area contributed by atoms with Crippen LogP contribution in [0.2, 0.25) is 0 Å². The van der Waals surface area contributed by atoms with Gasteiger partial charge in [-0.25, -0.2) is 4.39 Å². The molecule has 1 aliphatic heterocycles. The number of ether oxygens (including phenoxy) is 1. The molecule has 3 nitrogen and oxygen atoms in total. The first-order valence-electron chi connectivity index (χ1n) is 8.73. The molecule has 1 saturated heterocycles. The number of fused-ring (bicyclic) bond motifs is 1. The Balaban J connectivity index is 1.37. The van der Waals surface area contributed by atoms with Gasteiger partial charge in [0, 0.05) is 31.4 Å². The molecule has 2 aromatic carbocycles. The first-order chi connectivity index (χ1) is 11.8. The van der Waals surface area contributed by atoms with Gasteiger partial charge >= 0.3 is 0 Å². The molecule has 0 spiro atoms.